The van der Waals surface area contributed by atoms with Crippen molar-refractivity contribution in [2.75, 3.05) is 6.61 Å². The number of rotatable bonds is 1. The minimum Gasteiger partial charge on any atom is -0.372 e. The number of hydrogen-bond acceptors (Lipinski definition) is 1. The Hall–Kier alpha value is -0.740. The van der Waals surface area contributed by atoms with Crippen LogP contribution < -0.4 is 0 Å². The lowest BCUT2D eigenvalue weighted by molar-refractivity contribution is -0.137. The van der Waals surface area contributed by atoms with E-state index in [4.69, 9.17) is 16.3 Å². The lowest BCUT2D eigenvalue weighted by Gasteiger charge is -2.14. The van der Waals surface area contributed by atoms with Gasteiger partial charge in [-0.15, -0.1) is 11.6 Å². The molecule has 1 aromatic carbocycles. The predicted molar refractivity (Wildman–Crippen MR) is 54.4 cm³/mol. The molecule has 0 unspecified atom stereocenters. The first kappa shape index (κ1) is 11.7. The summed E-state index contributed by atoms with van der Waals surface area (Å²) in [6.07, 6.45) is -3.85. The third-order valence-electron chi connectivity index (χ3n) is 2.59. The van der Waals surface area contributed by atoms with E-state index in [9.17, 15) is 13.2 Å². The van der Waals surface area contributed by atoms with Crippen LogP contribution in [0.25, 0.3) is 0 Å². The number of ether oxygens (including phenoxy) is 1. The molecule has 0 amide bonds. The van der Waals surface area contributed by atoms with Crippen molar-refractivity contribution >= 4 is 11.6 Å². The van der Waals surface area contributed by atoms with Gasteiger partial charge in [0, 0.05) is 6.61 Å². The Kier molecular flexibility index (Phi) is 3.13. The van der Waals surface area contributed by atoms with Crippen molar-refractivity contribution in [3.05, 3.63) is 35.4 Å². The number of alkyl halides is 4. The normalized spacial score (nSPS) is 26.0. The Morgan fingerprint density at radius 2 is 1.81 bits per heavy atom. The van der Waals surface area contributed by atoms with Gasteiger partial charge in [0.05, 0.1) is 17.0 Å². The van der Waals surface area contributed by atoms with Crippen molar-refractivity contribution in [3.8, 4) is 0 Å². The van der Waals surface area contributed by atoms with Gasteiger partial charge in [0.25, 0.3) is 0 Å². The molecule has 1 fully saturated rings. The van der Waals surface area contributed by atoms with Gasteiger partial charge in [0.1, 0.15) is 0 Å². The fourth-order valence-corrected chi connectivity index (χ4v) is 2.04. The smallest absolute Gasteiger partial charge is 0.372 e. The SMILES string of the molecule is FC(F)(F)c1ccc([C@@H]2OCC[C@H]2Cl)cc1. The van der Waals surface area contributed by atoms with Crippen molar-refractivity contribution in [1.29, 1.82) is 0 Å². The summed E-state index contributed by atoms with van der Waals surface area (Å²) in [5.74, 6) is 0. The summed E-state index contributed by atoms with van der Waals surface area (Å²) in [6, 6.07) is 4.96. The maximum absolute atomic E-state index is 12.3. The van der Waals surface area contributed by atoms with E-state index in [1.165, 1.54) is 12.1 Å². The molecule has 2 atom stereocenters. The molecular formula is C11H10ClF3O. The average Bonchev–Trinajstić information content (AvgIpc) is 2.63. The Balaban J connectivity index is 2.19. The topological polar surface area (TPSA) is 9.23 Å². The second-order valence-electron chi connectivity index (χ2n) is 3.72. The fourth-order valence-electron chi connectivity index (χ4n) is 1.73. The van der Waals surface area contributed by atoms with Crippen LogP contribution in [-0.4, -0.2) is 12.0 Å². The van der Waals surface area contributed by atoms with Gasteiger partial charge in [-0.25, -0.2) is 0 Å². The predicted octanol–water partition coefficient (Wildman–Crippen LogP) is 3.77. The lowest BCUT2D eigenvalue weighted by Crippen LogP contribution is -2.08. The van der Waals surface area contributed by atoms with Crippen LogP contribution in [-0.2, 0) is 10.9 Å². The van der Waals surface area contributed by atoms with Gasteiger partial charge >= 0.3 is 6.18 Å². The lowest BCUT2D eigenvalue weighted by atomic mass is 10.0. The Bertz CT molecular complexity index is 360. The van der Waals surface area contributed by atoms with Crippen LogP contribution in [0.15, 0.2) is 24.3 Å². The van der Waals surface area contributed by atoms with Crippen LogP contribution >= 0.6 is 11.6 Å². The Morgan fingerprint density at radius 1 is 1.19 bits per heavy atom. The molecule has 0 spiro atoms. The third kappa shape index (κ3) is 2.33. The molecule has 1 aromatic rings. The summed E-state index contributed by atoms with van der Waals surface area (Å²) < 4.78 is 42.3. The highest BCUT2D eigenvalue weighted by atomic mass is 35.5. The van der Waals surface area contributed by atoms with Gasteiger partial charge in [0.2, 0.25) is 0 Å². The third-order valence-corrected chi connectivity index (χ3v) is 3.03. The van der Waals surface area contributed by atoms with E-state index < -0.39 is 11.7 Å². The molecule has 5 heteroatoms. The average molecular weight is 251 g/mol. The zero-order chi connectivity index (χ0) is 11.8. The minimum absolute atomic E-state index is 0.156. The first-order valence-corrected chi connectivity index (χ1v) is 5.35. The molecule has 0 saturated carbocycles. The van der Waals surface area contributed by atoms with Crippen LogP contribution in [0.2, 0.25) is 0 Å². The largest absolute Gasteiger partial charge is 0.416 e. The van der Waals surface area contributed by atoms with Crippen molar-refractivity contribution in [2.45, 2.75) is 24.1 Å². The molecule has 16 heavy (non-hydrogen) atoms. The second-order valence-corrected chi connectivity index (χ2v) is 4.28. The molecule has 88 valence electrons. The summed E-state index contributed by atoms with van der Waals surface area (Å²) in [4.78, 5) is 0. The fraction of sp³-hybridized carbons (Fsp3) is 0.455. The summed E-state index contributed by atoms with van der Waals surface area (Å²) in [6.45, 7) is 0.555. The van der Waals surface area contributed by atoms with Crippen molar-refractivity contribution in [3.63, 3.8) is 0 Å². The Labute approximate surface area is 96.2 Å². The molecule has 1 saturated heterocycles. The monoisotopic (exact) mass is 250 g/mol. The summed E-state index contributed by atoms with van der Waals surface area (Å²) in [5.41, 5.74) is 0.0471. The molecule has 0 N–H and O–H groups in total. The number of benzene rings is 1. The highest BCUT2D eigenvalue weighted by molar-refractivity contribution is 6.21. The van der Waals surface area contributed by atoms with Gasteiger partial charge in [-0.3, -0.25) is 0 Å². The van der Waals surface area contributed by atoms with Crippen LogP contribution in [0.4, 0.5) is 13.2 Å². The van der Waals surface area contributed by atoms with Gasteiger partial charge in [-0.1, -0.05) is 12.1 Å². The van der Waals surface area contributed by atoms with E-state index >= 15 is 0 Å². The highest BCUT2D eigenvalue weighted by Crippen LogP contribution is 2.35. The quantitative estimate of drug-likeness (QED) is 0.690. The van der Waals surface area contributed by atoms with Gasteiger partial charge < -0.3 is 4.74 Å². The number of hydrogen-bond donors (Lipinski definition) is 0. The van der Waals surface area contributed by atoms with Crippen LogP contribution in [0.5, 0.6) is 0 Å². The van der Waals surface area contributed by atoms with E-state index in [1.54, 1.807) is 0 Å². The molecule has 1 aliphatic heterocycles. The van der Waals surface area contributed by atoms with Gasteiger partial charge in [-0.2, -0.15) is 13.2 Å². The molecule has 0 bridgehead atoms. The van der Waals surface area contributed by atoms with E-state index in [1.807, 2.05) is 0 Å². The maximum atomic E-state index is 12.3. The minimum atomic E-state index is -4.30. The molecule has 1 nitrogen and oxygen atoms in total. The van der Waals surface area contributed by atoms with E-state index in [0.29, 0.717) is 12.2 Å². The molecule has 1 aliphatic rings. The standard InChI is InChI=1S/C11H10ClF3O/c12-9-5-6-16-10(9)7-1-3-8(4-2-7)11(13,14)15/h1-4,9-10H,5-6H2/t9-,10+/m1/s1. The summed E-state index contributed by atoms with van der Waals surface area (Å²) >= 11 is 6.00. The highest BCUT2D eigenvalue weighted by Gasteiger charge is 2.32. The molecule has 1 heterocycles. The van der Waals surface area contributed by atoms with Crippen molar-refractivity contribution < 1.29 is 17.9 Å². The molecular weight excluding hydrogens is 241 g/mol. The van der Waals surface area contributed by atoms with Crippen molar-refractivity contribution in [1.82, 2.24) is 0 Å². The van der Waals surface area contributed by atoms with Gasteiger partial charge in [-0.05, 0) is 24.1 Å². The molecule has 2 rings (SSSR count). The van der Waals surface area contributed by atoms with E-state index in [0.717, 1.165) is 18.6 Å². The Morgan fingerprint density at radius 3 is 2.25 bits per heavy atom. The van der Waals surface area contributed by atoms with E-state index in [2.05, 4.69) is 0 Å². The first-order valence-electron chi connectivity index (χ1n) is 4.91. The van der Waals surface area contributed by atoms with Crippen LogP contribution in [0.1, 0.15) is 23.7 Å². The molecule has 0 aliphatic carbocycles. The van der Waals surface area contributed by atoms with Gasteiger partial charge in [0.15, 0.2) is 0 Å². The molecule has 0 aromatic heterocycles. The number of halogens is 4. The zero-order valence-electron chi connectivity index (χ0n) is 8.30. The second kappa shape index (κ2) is 4.26. The van der Waals surface area contributed by atoms with Crippen LogP contribution in [0, 0.1) is 0 Å². The van der Waals surface area contributed by atoms with Crippen LogP contribution in [0.3, 0.4) is 0 Å². The molecule has 0 radical (unpaired) electrons. The summed E-state index contributed by atoms with van der Waals surface area (Å²) in [7, 11) is 0. The first-order chi connectivity index (χ1) is 7.48. The zero-order valence-corrected chi connectivity index (χ0v) is 9.05. The van der Waals surface area contributed by atoms with Crippen molar-refractivity contribution in [2.24, 2.45) is 0 Å². The van der Waals surface area contributed by atoms with E-state index in [-0.39, 0.29) is 11.5 Å². The maximum Gasteiger partial charge on any atom is 0.416 e. The summed E-state index contributed by atoms with van der Waals surface area (Å²) in [5, 5.41) is -0.156.